The Balaban J connectivity index is 2.46. The third-order valence-corrected chi connectivity index (χ3v) is 2.60. The number of pyridine rings is 1. The molecule has 0 aliphatic rings. The topological polar surface area (TPSA) is 94.0 Å². The van der Waals surface area contributed by atoms with E-state index in [-0.39, 0.29) is 11.4 Å². The maximum Gasteiger partial charge on any atom is 0.433 e. The van der Waals surface area contributed by atoms with E-state index in [1.54, 1.807) is 18.2 Å². The molecule has 110 valence electrons. The van der Waals surface area contributed by atoms with Crippen LogP contribution in [0.4, 0.5) is 30.4 Å². The third-order valence-electron chi connectivity index (χ3n) is 2.60. The van der Waals surface area contributed by atoms with Crippen LogP contribution in [0.5, 0.6) is 0 Å². The Bertz CT molecular complexity index is 685. The highest BCUT2D eigenvalue weighted by atomic mass is 19.4. The summed E-state index contributed by atoms with van der Waals surface area (Å²) in [5.41, 5.74) is 10.2. The number of hydrogen-bond donors (Lipinski definition) is 3. The molecular formula is C13H11F3N4O. The number of anilines is 3. The molecule has 1 heterocycles. The lowest BCUT2D eigenvalue weighted by Crippen LogP contribution is -2.17. The van der Waals surface area contributed by atoms with E-state index in [1.165, 1.54) is 6.07 Å². The molecule has 0 unspecified atom stereocenters. The number of rotatable bonds is 3. The quantitative estimate of drug-likeness (QED) is 0.759. The zero-order valence-electron chi connectivity index (χ0n) is 10.6. The van der Waals surface area contributed by atoms with Crippen molar-refractivity contribution in [1.82, 2.24) is 4.98 Å². The summed E-state index contributed by atoms with van der Waals surface area (Å²) in [6, 6.07) is 7.96. The van der Waals surface area contributed by atoms with Crippen molar-refractivity contribution in [2.24, 2.45) is 5.73 Å². The van der Waals surface area contributed by atoms with E-state index < -0.39 is 17.8 Å². The first-order chi connectivity index (χ1) is 9.77. The van der Waals surface area contributed by atoms with Gasteiger partial charge in [0.25, 0.3) is 5.91 Å². The SMILES string of the molecule is NC(=O)c1ccc(C(F)(F)F)nc1Nc1cccc(N)c1. The van der Waals surface area contributed by atoms with Crippen molar-refractivity contribution in [3.8, 4) is 0 Å². The fourth-order valence-corrected chi connectivity index (χ4v) is 1.66. The molecule has 0 radical (unpaired) electrons. The number of benzene rings is 1. The summed E-state index contributed by atoms with van der Waals surface area (Å²) in [5, 5.41) is 2.62. The number of nitrogens with one attached hydrogen (secondary N) is 1. The second-order valence-corrected chi connectivity index (χ2v) is 4.21. The Kier molecular flexibility index (Phi) is 3.70. The average Bonchev–Trinajstić information content (AvgIpc) is 2.37. The van der Waals surface area contributed by atoms with Crippen molar-refractivity contribution < 1.29 is 18.0 Å². The lowest BCUT2D eigenvalue weighted by molar-refractivity contribution is -0.141. The van der Waals surface area contributed by atoms with Crippen LogP contribution in [0, 0.1) is 0 Å². The van der Waals surface area contributed by atoms with Crippen LogP contribution in [-0.4, -0.2) is 10.9 Å². The molecule has 0 bridgehead atoms. The van der Waals surface area contributed by atoms with E-state index in [0.29, 0.717) is 17.4 Å². The second kappa shape index (κ2) is 5.31. The highest BCUT2D eigenvalue weighted by molar-refractivity contribution is 5.98. The van der Waals surface area contributed by atoms with Gasteiger partial charge < -0.3 is 16.8 Å². The monoisotopic (exact) mass is 296 g/mol. The van der Waals surface area contributed by atoms with Gasteiger partial charge in [-0.05, 0) is 30.3 Å². The van der Waals surface area contributed by atoms with E-state index in [2.05, 4.69) is 10.3 Å². The first-order valence-electron chi connectivity index (χ1n) is 5.78. The normalized spacial score (nSPS) is 11.2. The number of carbonyl (C=O) groups is 1. The van der Waals surface area contributed by atoms with E-state index in [0.717, 1.165) is 6.07 Å². The van der Waals surface area contributed by atoms with Crippen molar-refractivity contribution in [2.45, 2.75) is 6.18 Å². The maximum absolute atomic E-state index is 12.7. The summed E-state index contributed by atoms with van der Waals surface area (Å²) in [6.45, 7) is 0. The van der Waals surface area contributed by atoms with Gasteiger partial charge in [0, 0.05) is 11.4 Å². The summed E-state index contributed by atoms with van der Waals surface area (Å²) in [5.74, 6) is -1.16. The molecule has 0 spiro atoms. The van der Waals surface area contributed by atoms with Gasteiger partial charge in [0.1, 0.15) is 11.5 Å². The fourth-order valence-electron chi connectivity index (χ4n) is 1.66. The molecule has 0 saturated heterocycles. The molecule has 0 atom stereocenters. The molecule has 5 nitrogen and oxygen atoms in total. The lowest BCUT2D eigenvalue weighted by atomic mass is 10.2. The van der Waals surface area contributed by atoms with E-state index in [1.807, 2.05) is 0 Å². The van der Waals surface area contributed by atoms with Crippen LogP contribution in [0.15, 0.2) is 36.4 Å². The van der Waals surface area contributed by atoms with Crippen LogP contribution in [0.2, 0.25) is 0 Å². The minimum atomic E-state index is -4.62. The van der Waals surface area contributed by atoms with Gasteiger partial charge in [0.2, 0.25) is 0 Å². The molecule has 0 fully saturated rings. The van der Waals surface area contributed by atoms with Gasteiger partial charge in [0.05, 0.1) is 5.56 Å². The Labute approximate surface area is 117 Å². The number of hydrogen-bond acceptors (Lipinski definition) is 4. The fraction of sp³-hybridized carbons (Fsp3) is 0.0769. The molecule has 2 aromatic rings. The molecule has 0 aliphatic heterocycles. The zero-order chi connectivity index (χ0) is 15.6. The second-order valence-electron chi connectivity index (χ2n) is 4.21. The molecule has 5 N–H and O–H groups in total. The van der Waals surface area contributed by atoms with Crippen LogP contribution < -0.4 is 16.8 Å². The molecule has 1 aromatic heterocycles. The zero-order valence-corrected chi connectivity index (χ0v) is 10.6. The van der Waals surface area contributed by atoms with Gasteiger partial charge >= 0.3 is 6.18 Å². The summed E-state index contributed by atoms with van der Waals surface area (Å²) in [7, 11) is 0. The number of aromatic nitrogens is 1. The van der Waals surface area contributed by atoms with Gasteiger partial charge in [0.15, 0.2) is 0 Å². The van der Waals surface area contributed by atoms with Gasteiger partial charge in [-0.15, -0.1) is 0 Å². The Morgan fingerprint density at radius 3 is 2.48 bits per heavy atom. The highest BCUT2D eigenvalue weighted by Gasteiger charge is 2.33. The molecule has 21 heavy (non-hydrogen) atoms. The maximum atomic E-state index is 12.7. The number of nitrogens with two attached hydrogens (primary N) is 2. The van der Waals surface area contributed by atoms with Gasteiger partial charge in [-0.2, -0.15) is 13.2 Å². The average molecular weight is 296 g/mol. The number of amides is 1. The van der Waals surface area contributed by atoms with Gasteiger partial charge in [-0.1, -0.05) is 6.07 Å². The molecule has 0 saturated carbocycles. The molecule has 1 aromatic carbocycles. The number of carbonyl (C=O) groups excluding carboxylic acids is 1. The number of alkyl halides is 3. The minimum absolute atomic E-state index is 0.148. The predicted octanol–water partition coefficient (Wildman–Crippen LogP) is 2.53. The number of nitrogen functional groups attached to an aromatic ring is 1. The van der Waals surface area contributed by atoms with Crippen molar-refractivity contribution in [3.63, 3.8) is 0 Å². The number of halogens is 3. The Morgan fingerprint density at radius 1 is 1.19 bits per heavy atom. The molecule has 2 rings (SSSR count). The van der Waals surface area contributed by atoms with Gasteiger partial charge in [-0.3, -0.25) is 4.79 Å². The summed E-state index contributed by atoms with van der Waals surface area (Å²) >= 11 is 0. The number of nitrogens with zero attached hydrogens (tertiary/aromatic N) is 1. The van der Waals surface area contributed by atoms with Crippen molar-refractivity contribution in [3.05, 3.63) is 47.7 Å². The van der Waals surface area contributed by atoms with Crippen LogP contribution in [0.25, 0.3) is 0 Å². The summed E-state index contributed by atoms with van der Waals surface area (Å²) < 4.78 is 38.0. The van der Waals surface area contributed by atoms with E-state index in [9.17, 15) is 18.0 Å². The smallest absolute Gasteiger partial charge is 0.399 e. The van der Waals surface area contributed by atoms with Crippen LogP contribution in [0.1, 0.15) is 16.1 Å². The summed E-state index contributed by atoms with van der Waals surface area (Å²) in [6.07, 6.45) is -4.62. The minimum Gasteiger partial charge on any atom is -0.399 e. The molecular weight excluding hydrogens is 285 g/mol. The van der Waals surface area contributed by atoms with E-state index >= 15 is 0 Å². The summed E-state index contributed by atoms with van der Waals surface area (Å²) in [4.78, 5) is 14.7. The van der Waals surface area contributed by atoms with Crippen molar-refractivity contribution >= 4 is 23.1 Å². The predicted molar refractivity (Wildman–Crippen MR) is 71.9 cm³/mol. The Morgan fingerprint density at radius 2 is 1.90 bits per heavy atom. The van der Waals surface area contributed by atoms with Crippen LogP contribution in [-0.2, 0) is 6.18 Å². The standard InChI is InChI=1S/C13H11F3N4O/c14-13(15,16)10-5-4-9(11(18)21)12(20-10)19-8-3-1-2-7(17)6-8/h1-6H,17H2,(H2,18,21)(H,19,20). The molecule has 8 heteroatoms. The van der Waals surface area contributed by atoms with Crippen LogP contribution in [0.3, 0.4) is 0 Å². The van der Waals surface area contributed by atoms with Crippen molar-refractivity contribution in [2.75, 3.05) is 11.1 Å². The largest absolute Gasteiger partial charge is 0.433 e. The molecule has 1 amide bonds. The third kappa shape index (κ3) is 3.41. The first kappa shape index (κ1) is 14.6. The van der Waals surface area contributed by atoms with E-state index in [4.69, 9.17) is 11.5 Å². The Hall–Kier alpha value is -2.77. The molecule has 0 aliphatic carbocycles. The van der Waals surface area contributed by atoms with Gasteiger partial charge in [-0.25, -0.2) is 4.98 Å². The lowest BCUT2D eigenvalue weighted by Gasteiger charge is -2.13. The first-order valence-corrected chi connectivity index (χ1v) is 5.78. The van der Waals surface area contributed by atoms with Crippen LogP contribution >= 0.6 is 0 Å². The van der Waals surface area contributed by atoms with Crippen molar-refractivity contribution in [1.29, 1.82) is 0 Å². The highest BCUT2D eigenvalue weighted by Crippen LogP contribution is 2.30. The number of primary amides is 1.